The van der Waals surface area contributed by atoms with Crippen LogP contribution in [0, 0.1) is 6.92 Å². The first-order chi connectivity index (χ1) is 9.04. The molecule has 4 N–H and O–H groups in total. The molecule has 19 heavy (non-hydrogen) atoms. The molecule has 0 spiro atoms. The molecule has 1 aromatic carbocycles. The minimum Gasteiger partial charge on any atom is -0.486 e. The van der Waals surface area contributed by atoms with Crippen molar-refractivity contribution in [3.05, 3.63) is 47.4 Å². The Kier molecular flexibility index (Phi) is 3.61. The molecule has 1 amide bonds. The molecular formula is C13H14N4O2. The lowest BCUT2D eigenvalue weighted by molar-refractivity contribution is 0.1000. The lowest BCUT2D eigenvalue weighted by atomic mass is 10.2. The molecule has 0 saturated heterocycles. The van der Waals surface area contributed by atoms with E-state index in [4.69, 9.17) is 16.2 Å². The minimum atomic E-state index is -0.471. The van der Waals surface area contributed by atoms with Gasteiger partial charge in [-0.25, -0.2) is 9.97 Å². The van der Waals surface area contributed by atoms with E-state index >= 15 is 0 Å². The van der Waals surface area contributed by atoms with Gasteiger partial charge in [-0.15, -0.1) is 0 Å². The molecule has 98 valence electrons. The quantitative estimate of drug-likeness (QED) is 0.852. The molecule has 1 heterocycles. The van der Waals surface area contributed by atoms with Crippen molar-refractivity contribution in [3.8, 4) is 5.75 Å². The summed E-state index contributed by atoms with van der Waals surface area (Å²) in [5.74, 6) is 1.06. The topological polar surface area (TPSA) is 104 Å². The third kappa shape index (κ3) is 3.41. The molecule has 2 aromatic rings. The number of amides is 1. The van der Waals surface area contributed by atoms with Gasteiger partial charge in [0, 0.05) is 17.3 Å². The highest BCUT2D eigenvalue weighted by atomic mass is 16.5. The number of ether oxygens (including phenoxy) is 1. The molecule has 0 radical (unpaired) electrons. The number of anilines is 1. The predicted molar refractivity (Wildman–Crippen MR) is 70.5 cm³/mol. The molecule has 1 aromatic heterocycles. The van der Waals surface area contributed by atoms with Crippen LogP contribution in [0.25, 0.3) is 0 Å². The highest BCUT2D eigenvalue weighted by Gasteiger charge is 2.03. The molecule has 0 aliphatic carbocycles. The first-order valence-electron chi connectivity index (χ1n) is 5.67. The molecular weight excluding hydrogens is 244 g/mol. The number of carbonyl (C=O) groups is 1. The van der Waals surface area contributed by atoms with Crippen molar-refractivity contribution in [1.29, 1.82) is 0 Å². The van der Waals surface area contributed by atoms with Crippen molar-refractivity contribution >= 4 is 11.7 Å². The van der Waals surface area contributed by atoms with Gasteiger partial charge in [-0.05, 0) is 31.2 Å². The maximum absolute atomic E-state index is 10.9. The summed E-state index contributed by atoms with van der Waals surface area (Å²) in [7, 11) is 0. The second-order valence-electron chi connectivity index (χ2n) is 4.03. The highest BCUT2D eigenvalue weighted by molar-refractivity contribution is 5.92. The number of benzene rings is 1. The highest BCUT2D eigenvalue weighted by Crippen LogP contribution is 2.13. The maximum Gasteiger partial charge on any atom is 0.248 e. The number of nitrogens with two attached hydrogens (primary N) is 2. The number of aromatic nitrogens is 2. The molecule has 0 aliphatic heterocycles. The van der Waals surface area contributed by atoms with E-state index in [0.29, 0.717) is 23.0 Å². The fourth-order valence-corrected chi connectivity index (χ4v) is 1.58. The predicted octanol–water partition coefficient (Wildman–Crippen LogP) is 1.05. The van der Waals surface area contributed by atoms with Crippen LogP contribution in [0.15, 0.2) is 30.3 Å². The fraction of sp³-hybridized carbons (Fsp3) is 0.154. The smallest absolute Gasteiger partial charge is 0.248 e. The molecule has 0 saturated carbocycles. The van der Waals surface area contributed by atoms with Gasteiger partial charge in [0.2, 0.25) is 5.91 Å². The number of primary amides is 1. The van der Waals surface area contributed by atoms with E-state index in [9.17, 15) is 4.79 Å². The number of carbonyl (C=O) groups excluding carboxylic acids is 1. The Balaban J connectivity index is 2.03. The zero-order chi connectivity index (χ0) is 13.8. The SMILES string of the molecule is Cc1cc(N)nc(COc2ccc(C(N)=O)cc2)n1. The third-order valence-corrected chi connectivity index (χ3v) is 2.43. The molecule has 0 aliphatic rings. The Morgan fingerprint density at radius 2 is 1.95 bits per heavy atom. The number of nitrogen functional groups attached to an aromatic ring is 1. The fourth-order valence-electron chi connectivity index (χ4n) is 1.58. The van der Waals surface area contributed by atoms with E-state index in [2.05, 4.69) is 9.97 Å². The first-order valence-corrected chi connectivity index (χ1v) is 5.67. The summed E-state index contributed by atoms with van der Waals surface area (Å²) in [6, 6.07) is 8.22. The third-order valence-electron chi connectivity index (χ3n) is 2.43. The Morgan fingerprint density at radius 1 is 1.26 bits per heavy atom. The normalized spacial score (nSPS) is 10.2. The lowest BCUT2D eigenvalue weighted by Crippen LogP contribution is -2.10. The lowest BCUT2D eigenvalue weighted by Gasteiger charge is -2.06. The van der Waals surface area contributed by atoms with Crippen molar-refractivity contribution < 1.29 is 9.53 Å². The maximum atomic E-state index is 10.9. The van der Waals surface area contributed by atoms with Crippen LogP contribution < -0.4 is 16.2 Å². The van der Waals surface area contributed by atoms with Crippen LogP contribution in [0.1, 0.15) is 21.9 Å². The van der Waals surface area contributed by atoms with Crippen molar-refractivity contribution in [2.45, 2.75) is 13.5 Å². The van der Waals surface area contributed by atoms with Crippen LogP contribution in [0.5, 0.6) is 5.75 Å². The number of rotatable bonds is 4. The average molecular weight is 258 g/mol. The van der Waals surface area contributed by atoms with Crippen LogP contribution >= 0.6 is 0 Å². The number of hydrogen-bond donors (Lipinski definition) is 2. The minimum absolute atomic E-state index is 0.210. The summed E-state index contributed by atoms with van der Waals surface area (Å²) in [5, 5.41) is 0. The molecule has 0 atom stereocenters. The monoisotopic (exact) mass is 258 g/mol. The van der Waals surface area contributed by atoms with Crippen molar-refractivity contribution in [3.63, 3.8) is 0 Å². The van der Waals surface area contributed by atoms with Crippen LogP contribution in [0.3, 0.4) is 0 Å². The summed E-state index contributed by atoms with van der Waals surface area (Å²) < 4.78 is 5.50. The zero-order valence-electron chi connectivity index (χ0n) is 10.5. The summed E-state index contributed by atoms with van der Waals surface area (Å²) in [6.45, 7) is 2.05. The largest absolute Gasteiger partial charge is 0.486 e. The summed E-state index contributed by atoms with van der Waals surface area (Å²) in [4.78, 5) is 19.2. The second-order valence-corrected chi connectivity index (χ2v) is 4.03. The van der Waals surface area contributed by atoms with E-state index in [1.165, 1.54) is 0 Å². The van der Waals surface area contributed by atoms with Gasteiger partial charge in [0.05, 0.1) is 0 Å². The van der Waals surface area contributed by atoms with Crippen molar-refractivity contribution in [2.75, 3.05) is 5.73 Å². The van der Waals surface area contributed by atoms with Gasteiger partial charge in [-0.1, -0.05) is 0 Å². The molecule has 0 fully saturated rings. The first kappa shape index (κ1) is 12.8. The van der Waals surface area contributed by atoms with Gasteiger partial charge in [0.15, 0.2) is 5.82 Å². The van der Waals surface area contributed by atoms with Gasteiger partial charge in [-0.2, -0.15) is 0 Å². The van der Waals surface area contributed by atoms with E-state index in [-0.39, 0.29) is 6.61 Å². The van der Waals surface area contributed by atoms with Crippen molar-refractivity contribution in [2.24, 2.45) is 5.73 Å². The molecule has 6 nitrogen and oxygen atoms in total. The van der Waals surface area contributed by atoms with Crippen LogP contribution in [0.2, 0.25) is 0 Å². The Labute approximate surface area is 110 Å². The number of aryl methyl sites for hydroxylation is 1. The Hall–Kier alpha value is -2.63. The van der Waals surface area contributed by atoms with Crippen LogP contribution in [-0.4, -0.2) is 15.9 Å². The van der Waals surface area contributed by atoms with Gasteiger partial charge in [-0.3, -0.25) is 4.79 Å². The van der Waals surface area contributed by atoms with Gasteiger partial charge in [0.25, 0.3) is 0 Å². The average Bonchev–Trinajstić information content (AvgIpc) is 2.36. The molecule has 2 rings (SSSR count). The summed E-state index contributed by atoms with van der Waals surface area (Å²) in [6.07, 6.45) is 0. The molecule has 0 unspecified atom stereocenters. The van der Waals surface area contributed by atoms with Gasteiger partial charge in [0.1, 0.15) is 18.2 Å². The van der Waals surface area contributed by atoms with Crippen molar-refractivity contribution in [1.82, 2.24) is 9.97 Å². The number of nitrogens with zero attached hydrogens (tertiary/aromatic N) is 2. The van der Waals surface area contributed by atoms with E-state index in [1.807, 2.05) is 6.92 Å². The van der Waals surface area contributed by atoms with Crippen LogP contribution in [0.4, 0.5) is 5.82 Å². The standard InChI is InChI=1S/C13H14N4O2/c1-8-6-11(14)17-12(16-8)7-19-10-4-2-9(3-5-10)13(15)18/h2-6H,7H2,1H3,(H2,15,18)(H2,14,16,17). The van der Waals surface area contributed by atoms with Gasteiger partial charge < -0.3 is 16.2 Å². The zero-order valence-corrected chi connectivity index (χ0v) is 10.5. The second kappa shape index (κ2) is 5.34. The summed E-state index contributed by atoms with van der Waals surface area (Å²) >= 11 is 0. The number of hydrogen-bond acceptors (Lipinski definition) is 5. The van der Waals surface area contributed by atoms with E-state index < -0.39 is 5.91 Å². The van der Waals surface area contributed by atoms with Gasteiger partial charge >= 0.3 is 0 Å². The molecule has 0 bridgehead atoms. The van der Waals surface area contributed by atoms with E-state index in [1.54, 1.807) is 30.3 Å². The molecule has 6 heteroatoms. The Bertz CT molecular complexity index is 576. The van der Waals surface area contributed by atoms with E-state index in [0.717, 1.165) is 5.69 Å². The Morgan fingerprint density at radius 3 is 2.53 bits per heavy atom. The van der Waals surface area contributed by atoms with Crippen LogP contribution in [-0.2, 0) is 6.61 Å². The summed E-state index contributed by atoms with van der Waals surface area (Å²) in [5.41, 5.74) is 12.0.